The normalized spacial score (nSPS) is 16.4. The van der Waals surface area contributed by atoms with Gasteiger partial charge in [0.05, 0.1) is 23.3 Å². The first-order chi connectivity index (χ1) is 12.9. The Hall–Kier alpha value is -3.21. The summed E-state index contributed by atoms with van der Waals surface area (Å²) in [6.45, 7) is 0. The first-order valence-corrected chi connectivity index (χ1v) is 8.98. The molecule has 26 heavy (non-hydrogen) atoms. The molecule has 128 valence electrons. The Morgan fingerprint density at radius 1 is 0.962 bits per heavy atom. The number of anilines is 1. The molecule has 1 N–H and O–H groups in total. The maximum atomic E-state index is 4.54. The van der Waals surface area contributed by atoms with Crippen LogP contribution < -0.4 is 5.32 Å². The van der Waals surface area contributed by atoms with Gasteiger partial charge in [-0.1, -0.05) is 42.5 Å². The lowest BCUT2D eigenvalue weighted by atomic mass is 9.88. The first-order valence-electron chi connectivity index (χ1n) is 8.98. The van der Waals surface area contributed by atoms with Gasteiger partial charge in [0, 0.05) is 0 Å². The van der Waals surface area contributed by atoms with Crippen molar-refractivity contribution in [2.45, 2.75) is 25.3 Å². The number of para-hydroxylation sites is 1. The summed E-state index contributed by atoms with van der Waals surface area (Å²) in [7, 11) is 0. The second-order valence-electron chi connectivity index (χ2n) is 6.64. The first kappa shape index (κ1) is 15.1. The number of nitrogens with zero attached hydrogens (tertiary/aromatic N) is 4. The van der Waals surface area contributed by atoms with E-state index in [0.29, 0.717) is 0 Å². The van der Waals surface area contributed by atoms with E-state index in [4.69, 9.17) is 0 Å². The lowest BCUT2D eigenvalue weighted by Crippen LogP contribution is -2.18. The standard InChI is InChI=1S/C21H19N5/c1-2-9-16(10-3-1)26-21-18(13-24-26)20(22-14-23-21)25-19-12-6-8-15-7-4-5-11-17(15)19/h1-5,7,9-11,13-14,19H,6,8,12H2,(H,22,23,25). The van der Waals surface area contributed by atoms with Crippen molar-refractivity contribution in [2.75, 3.05) is 5.32 Å². The molecule has 0 bridgehead atoms. The van der Waals surface area contributed by atoms with Crippen molar-refractivity contribution in [3.63, 3.8) is 0 Å². The predicted octanol–water partition coefficient (Wildman–Crippen LogP) is 4.31. The fourth-order valence-electron chi connectivity index (χ4n) is 3.79. The molecule has 0 saturated heterocycles. The second-order valence-corrected chi connectivity index (χ2v) is 6.64. The van der Waals surface area contributed by atoms with Crippen LogP contribution in [0.25, 0.3) is 16.7 Å². The highest BCUT2D eigenvalue weighted by Crippen LogP contribution is 2.33. The fraction of sp³-hybridized carbons (Fsp3) is 0.190. The number of fused-ring (bicyclic) bond motifs is 2. The molecule has 0 aliphatic heterocycles. The summed E-state index contributed by atoms with van der Waals surface area (Å²) in [5.74, 6) is 0.846. The highest BCUT2D eigenvalue weighted by atomic mass is 15.3. The van der Waals surface area contributed by atoms with Crippen molar-refractivity contribution in [2.24, 2.45) is 0 Å². The van der Waals surface area contributed by atoms with E-state index in [2.05, 4.69) is 44.6 Å². The van der Waals surface area contributed by atoms with Crippen molar-refractivity contribution in [3.8, 4) is 5.69 Å². The van der Waals surface area contributed by atoms with Crippen LogP contribution in [0.4, 0.5) is 5.82 Å². The van der Waals surface area contributed by atoms with Gasteiger partial charge in [0.2, 0.25) is 0 Å². The maximum Gasteiger partial charge on any atom is 0.168 e. The van der Waals surface area contributed by atoms with Crippen molar-refractivity contribution >= 4 is 16.9 Å². The molecule has 2 heterocycles. The Labute approximate surface area is 151 Å². The van der Waals surface area contributed by atoms with Crippen LogP contribution in [0, 0.1) is 0 Å². The van der Waals surface area contributed by atoms with E-state index in [1.54, 1.807) is 6.33 Å². The summed E-state index contributed by atoms with van der Waals surface area (Å²) < 4.78 is 1.86. The molecular formula is C21H19N5. The van der Waals surface area contributed by atoms with Gasteiger partial charge >= 0.3 is 0 Å². The molecule has 1 aliphatic rings. The molecular weight excluding hydrogens is 322 g/mol. The fourth-order valence-corrected chi connectivity index (χ4v) is 3.79. The molecule has 5 rings (SSSR count). The zero-order chi connectivity index (χ0) is 17.3. The molecule has 1 atom stereocenters. The number of aryl methyl sites for hydroxylation is 1. The molecule has 0 radical (unpaired) electrons. The van der Waals surface area contributed by atoms with Gasteiger partial charge in [-0.15, -0.1) is 0 Å². The number of hydrogen-bond donors (Lipinski definition) is 1. The molecule has 1 aliphatic carbocycles. The van der Waals surface area contributed by atoms with E-state index < -0.39 is 0 Å². The molecule has 2 aromatic carbocycles. The molecule has 1 unspecified atom stereocenters. The highest BCUT2D eigenvalue weighted by molar-refractivity contribution is 5.87. The minimum Gasteiger partial charge on any atom is -0.363 e. The summed E-state index contributed by atoms with van der Waals surface area (Å²) in [4.78, 5) is 8.97. The Bertz CT molecular complexity index is 1050. The predicted molar refractivity (Wildman–Crippen MR) is 102 cm³/mol. The van der Waals surface area contributed by atoms with Crippen LogP contribution in [0.15, 0.2) is 67.1 Å². The summed E-state index contributed by atoms with van der Waals surface area (Å²) in [5, 5.41) is 9.12. The Kier molecular flexibility index (Phi) is 3.63. The van der Waals surface area contributed by atoms with Gasteiger partial charge in [-0.05, 0) is 42.5 Å². The average Bonchev–Trinajstić information content (AvgIpc) is 3.14. The number of benzene rings is 2. The van der Waals surface area contributed by atoms with Gasteiger partial charge in [0.25, 0.3) is 0 Å². The minimum absolute atomic E-state index is 0.276. The zero-order valence-corrected chi connectivity index (χ0v) is 14.3. The topological polar surface area (TPSA) is 55.6 Å². The van der Waals surface area contributed by atoms with E-state index in [0.717, 1.165) is 35.4 Å². The van der Waals surface area contributed by atoms with E-state index in [1.165, 1.54) is 17.5 Å². The Balaban J connectivity index is 1.54. The van der Waals surface area contributed by atoms with Crippen molar-refractivity contribution in [3.05, 3.63) is 78.2 Å². The lowest BCUT2D eigenvalue weighted by Gasteiger charge is -2.26. The summed E-state index contributed by atoms with van der Waals surface area (Å²) >= 11 is 0. The van der Waals surface area contributed by atoms with Crippen LogP contribution in [-0.4, -0.2) is 19.7 Å². The Morgan fingerprint density at radius 3 is 2.73 bits per heavy atom. The molecule has 0 spiro atoms. The van der Waals surface area contributed by atoms with Crippen LogP contribution in [0.2, 0.25) is 0 Å². The molecule has 4 aromatic rings. The number of hydrogen-bond acceptors (Lipinski definition) is 4. The molecule has 0 amide bonds. The van der Waals surface area contributed by atoms with E-state index in [1.807, 2.05) is 41.2 Å². The van der Waals surface area contributed by atoms with Crippen molar-refractivity contribution in [1.82, 2.24) is 19.7 Å². The van der Waals surface area contributed by atoms with Crippen LogP contribution in [0.5, 0.6) is 0 Å². The van der Waals surface area contributed by atoms with Crippen molar-refractivity contribution < 1.29 is 0 Å². The van der Waals surface area contributed by atoms with E-state index in [9.17, 15) is 0 Å². The molecule has 5 nitrogen and oxygen atoms in total. The van der Waals surface area contributed by atoms with E-state index >= 15 is 0 Å². The zero-order valence-electron chi connectivity index (χ0n) is 14.3. The molecule has 0 fully saturated rings. The maximum absolute atomic E-state index is 4.54. The Morgan fingerprint density at radius 2 is 1.81 bits per heavy atom. The smallest absolute Gasteiger partial charge is 0.168 e. The van der Waals surface area contributed by atoms with Gasteiger partial charge < -0.3 is 5.32 Å². The minimum atomic E-state index is 0.276. The van der Waals surface area contributed by atoms with Gasteiger partial charge in [-0.3, -0.25) is 0 Å². The van der Waals surface area contributed by atoms with Crippen LogP contribution >= 0.6 is 0 Å². The van der Waals surface area contributed by atoms with Gasteiger partial charge in [-0.2, -0.15) is 5.10 Å². The van der Waals surface area contributed by atoms with Crippen LogP contribution in [0.1, 0.15) is 30.0 Å². The largest absolute Gasteiger partial charge is 0.363 e. The van der Waals surface area contributed by atoms with Gasteiger partial charge in [0.15, 0.2) is 5.65 Å². The van der Waals surface area contributed by atoms with Crippen molar-refractivity contribution in [1.29, 1.82) is 0 Å². The SMILES string of the molecule is c1ccc(-n2ncc3c(NC4CCCc5ccccc54)ncnc32)cc1. The monoisotopic (exact) mass is 341 g/mol. The van der Waals surface area contributed by atoms with Gasteiger partial charge in [0.1, 0.15) is 12.1 Å². The third-order valence-electron chi connectivity index (χ3n) is 5.05. The molecule has 5 heteroatoms. The third-order valence-corrected chi connectivity index (χ3v) is 5.05. The third kappa shape index (κ3) is 2.52. The highest BCUT2D eigenvalue weighted by Gasteiger charge is 2.21. The molecule has 0 saturated carbocycles. The quantitative estimate of drug-likeness (QED) is 0.603. The summed E-state index contributed by atoms with van der Waals surface area (Å²) in [5.41, 5.74) is 4.62. The lowest BCUT2D eigenvalue weighted by molar-refractivity contribution is 0.599. The number of aromatic nitrogens is 4. The van der Waals surface area contributed by atoms with Crippen LogP contribution in [0.3, 0.4) is 0 Å². The number of nitrogens with one attached hydrogen (secondary N) is 1. The van der Waals surface area contributed by atoms with E-state index in [-0.39, 0.29) is 6.04 Å². The molecule has 2 aromatic heterocycles. The summed E-state index contributed by atoms with van der Waals surface area (Å²) in [6, 6.07) is 19.0. The van der Waals surface area contributed by atoms with Gasteiger partial charge in [-0.25, -0.2) is 14.6 Å². The second kappa shape index (κ2) is 6.26. The van der Waals surface area contributed by atoms with Crippen LogP contribution in [-0.2, 0) is 6.42 Å². The summed E-state index contributed by atoms with van der Waals surface area (Å²) in [6.07, 6.45) is 6.90. The average molecular weight is 341 g/mol. The number of rotatable bonds is 3.